The molecule has 0 aliphatic heterocycles. The van der Waals surface area contributed by atoms with Crippen LogP contribution in [0.5, 0.6) is 5.75 Å². The standard InChI is InChI=1S/C10H11NO4/c12-8-7(10(14)15)3-4-11(9(8)13)5-6-1-2-6/h3-4,6,12H,1-2,5H2,(H,14,15). The molecule has 0 saturated heterocycles. The van der Waals surface area contributed by atoms with Crippen LogP contribution in [0.1, 0.15) is 23.2 Å². The molecule has 15 heavy (non-hydrogen) atoms. The van der Waals surface area contributed by atoms with Gasteiger partial charge in [-0.2, -0.15) is 0 Å². The molecule has 1 aromatic rings. The monoisotopic (exact) mass is 209 g/mol. The van der Waals surface area contributed by atoms with Gasteiger partial charge in [-0.05, 0) is 24.8 Å². The molecule has 0 atom stereocenters. The Morgan fingerprint density at radius 3 is 2.73 bits per heavy atom. The van der Waals surface area contributed by atoms with Crippen LogP contribution in [0.4, 0.5) is 0 Å². The number of carboxylic acid groups (broad SMARTS) is 1. The van der Waals surface area contributed by atoms with Crippen LogP contribution in [-0.2, 0) is 6.54 Å². The van der Waals surface area contributed by atoms with Gasteiger partial charge in [0.15, 0.2) is 5.75 Å². The number of aromatic nitrogens is 1. The Morgan fingerprint density at radius 1 is 1.53 bits per heavy atom. The van der Waals surface area contributed by atoms with E-state index in [9.17, 15) is 14.7 Å². The number of pyridine rings is 1. The minimum atomic E-state index is -1.29. The Bertz CT molecular complexity index is 459. The minimum Gasteiger partial charge on any atom is -0.502 e. The van der Waals surface area contributed by atoms with Crippen LogP contribution in [-0.4, -0.2) is 20.7 Å². The van der Waals surface area contributed by atoms with E-state index in [1.165, 1.54) is 16.8 Å². The molecule has 1 aromatic heterocycles. The number of hydrogen-bond acceptors (Lipinski definition) is 3. The molecule has 0 spiro atoms. The lowest BCUT2D eigenvalue weighted by Crippen LogP contribution is -2.22. The Kier molecular flexibility index (Phi) is 2.22. The maximum Gasteiger partial charge on any atom is 0.339 e. The van der Waals surface area contributed by atoms with E-state index in [4.69, 9.17) is 5.11 Å². The summed E-state index contributed by atoms with van der Waals surface area (Å²) < 4.78 is 1.36. The zero-order valence-electron chi connectivity index (χ0n) is 8.01. The van der Waals surface area contributed by atoms with Crippen molar-refractivity contribution in [2.75, 3.05) is 0 Å². The van der Waals surface area contributed by atoms with Gasteiger partial charge in [0.2, 0.25) is 0 Å². The fraction of sp³-hybridized carbons (Fsp3) is 0.400. The molecule has 2 N–H and O–H groups in total. The van der Waals surface area contributed by atoms with Crippen molar-refractivity contribution in [3.63, 3.8) is 0 Å². The molecule has 5 heteroatoms. The van der Waals surface area contributed by atoms with Crippen molar-refractivity contribution in [1.29, 1.82) is 0 Å². The van der Waals surface area contributed by atoms with Crippen LogP contribution < -0.4 is 5.56 Å². The lowest BCUT2D eigenvalue weighted by Gasteiger charge is -2.06. The Labute approximate surface area is 85.6 Å². The summed E-state index contributed by atoms with van der Waals surface area (Å²) in [6.45, 7) is 0.562. The molecule has 1 fully saturated rings. The third kappa shape index (κ3) is 1.86. The third-order valence-electron chi connectivity index (χ3n) is 2.52. The molecule has 0 bridgehead atoms. The summed E-state index contributed by atoms with van der Waals surface area (Å²) in [7, 11) is 0. The van der Waals surface area contributed by atoms with Crippen LogP contribution in [0, 0.1) is 5.92 Å². The summed E-state index contributed by atoms with van der Waals surface area (Å²) in [5.74, 6) is -1.47. The molecule has 0 aromatic carbocycles. The molecule has 0 amide bonds. The van der Waals surface area contributed by atoms with Gasteiger partial charge < -0.3 is 14.8 Å². The van der Waals surface area contributed by atoms with E-state index in [1.54, 1.807) is 0 Å². The number of carboxylic acids is 1. The second-order valence-electron chi connectivity index (χ2n) is 3.78. The van der Waals surface area contributed by atoms with E-state index < -0.39 is 17.3 Å². The second-order valence-corrected chi connectivity index (χ2v) is 3.78. The highest BCUT2D eigenvalue weighted by Crippen LogP contribution is 2.30. The van der Waals surface area contributed by atoms with Crippen LogP contribution >= 0.6 is 0 Å². The van der Waals surface area contributed by atoms with E-state index >= 15 is 0 Å². The third-order valence-corrected chi connectivity index (χ3v) is 2.52. The largest absolute Gasteiger partial charge is 0.502 e. The lowest BCUT2D eigenvalue weighted by molar-refractivity contribution is 0.0693. The quantitative estimate of drug-likeness (QED) is 0.766. The molecule has 0 radical (unpaired) electrons. The van der Waals surface area contributed by atoms with Gasteiger partial charge >= 0.3 is 5.97 Å². The zero-order valence-corrected chi connectivity index (χ0v) is 8.01. The molecule has 1 aliphatic rings. The van der Waals surface area contributed by atoms with Crippen LogP contribution in [0.2, 0.25) is 0 Å². The van der Waals surface area contributed by atoms with Crippen molar-refractivity contribution < 1.29 is 15.0 Å². The summed E-state index contributed by atoms with van der Waals surface area (Å²) >= 11 is 0. The lowest BCUT2D eigenvalue weighted by atomic mass is 10.2. The predicted octanol–water partition coefficient (Wildman–Crippen LogP) is 0.662. The molecule has 1 aliphatic carbocycles. The van der Waals surface area contributed by atoms with Gasteiger partial charge in [0.25, 0.3) is 5.56 Å². The normalized spacial score (nSPS) is 15.2. The van der Waals surface area contributed by atoms with Crippen LogP contribution in [0.25, 0.3) is 0 Å². The summed E-state index contributed by atoms with van der Waals surface area (Å²) in [4.78, 5) is 22.1. The fourth-order valence-corrected chi connectivity index (χ4v) is 1.46. The van der Waals surface area contributed by atoms with Crippen LogP contribution in [0.15, 0.2) is 17.1 Å². The first-order valence-electron chi connectivity index (χ1n) is 4.75. The predicted molar refractivity (Wildman–Crippen MR) is 52.1 cm³/mol. The highest BCUT2D eigenvalue weighted by molar-refractivity contribution is 5.90. The molecule has 2 rings (SSSR count). The average Bonchev–Trinajstić information content (AvgIpc) is 2.96. The molecule has 80 valence electrons. The van der Waals surface area contributed by atoms with Crippen molar-refractivity contribution in [2.24, 2.45) is 5.92 Å². The van der Waals surface area contributed by atoms with Crippen molar-refractivity contribution in [3.8, 4) is 5.75 Å². The number of hydrogen-bond donors (Lipinski definition) is 2. The maximum atomic E-state index is 11.5. The number of rotatable bonds is 3. The number of carbonyl (C=O) groups is 1. The topological polar surface area (TPSA) is 79.5 Å². The first-order valence-corrected chi connectivity index (χ1v) is 4.75. The van der Waals surface area contributed by atoms with Gasteiger partial charge in [0, 0.05) is 12.7 Å². The van der Waals surface area contributed by atoms with Crippen molar-refractivity contribution in [1.82, 2.24) is 4.57 Å². The summed E-state index contributed by atoms with van der Waals surface area (Å²) in [5, 5.41) is 18.0. The van der Waals surface area contributed by atoms with Gasteiger partial charge in [0.1, 0.15) is 5.56 Å². The molecule has 1 heterocycles. The highest BCUT2D eigenvalue weighted by atomic mass is 16.4. The van der Waals surface area contributed by atoms with Crippen molar-refractivity contribution in [2.45, 2.75) is 19.4 Å². The van der Waals surface area contributed by atoms with Gasteiger partial charge in [0.05, 0.1) is 0 Å². The molecule has 1 saturated carbocycles. The van der Waals surface area contributed by atoms with E-state index in [2.05, 4.69) is 0 Å². The number of aromatic hydroxyl groups is 1. The van der Waals surface area contributed by atoms with E-state index in [-0.39, 0.29) is 5.56 Å². The Hall–Kier alpha value is -1.78. The number of aromatic carboxylic acids is 1. The molecular weight excluding hydrogens is 198 g/mol. The Balaban J connectivity index is 2.38. The maximum absolute atomic E-state index is 11.5. The molecular formula is C10H11NO4. The SMILES string of the molecule is O=C(O)c1ccn(CC2CC2)c(=O)c1O. The fourth-order valence-electron chi connectivity index (χ4n) is 1.46. The summed E-state index contributed by atoms with van der Waals surface area (Å²) in [6.07, 6.45) is 3.60. The Morgan fingerprint density at radius 2 is 2.20 bits per heavy atom. The minimum absolute atomic E-state index is 0.341. The highest BCUT2D eigenvalue weighted by Gasteiger charge is 2.23. The van der Waals surface area contributed by atoms with Gasteiger partial charge in [-0.15, -0.1) is 0 Å². The second kappa shape index (κ2) is 3.42. The summed E-state index contributed by atoms with van der Waals surface area (Å²) in [5.41, 5.74) is -0.964. The van der Waals surface area contributed by atoms with Crippen LogP contribution in [0.3, 0.4) is 0 Å². The van der Waals surface area contributed by atoms with Gasteiger partial charge in [-0.3, -0.25) is 4.79 Å². The molecule has 5 nitrogen and oxygen atoms in total. The van der Waals surface area contributed by atoms with Crippen molar-refractivity contribution in [3.05, 3.63) is 28.2 Å². The van der Waals surface area contributed by atoms with E-state index in [1.807, 2.05) is 0 Å². The van der Waals surface area contributed by atoms with E-state index in [0.717, 1.165) is 12.8 Å². The molecule has 0 unspecified atom stereocenters. The van der Waals surface area contributed by atoms with Gasteiger partial charge in [-0.1, -0.05) is 0 Å². The number of nitrogens with zero attached hydrogens (tertiary/aromatic N) is 1. The summed E-state index contributed by atoms with van der Waals surface area (Å²) in [6, 6.07) is 1.25. The van der Waals surface area contributed by atoms with Gasteiger partial charge in [-0.25, -0.2) is 4.79 Å². The van der Waals surface area contributed by atoms with E-state index in [0.29, 0.717) is 12.5 Å². The smallest absolute Gasteiger partial charge is 0.339 e. The zero-order chi connectivity index (χ0) is 11.0. The van der Waals surface area contributed by atoms with Crippen molar-refractivity contribution >= 4 is 5.97 Å². The average molecular weight is 209 g/mol. The first-order chi connectivity index (χ1) is 7.09. The first kappa shape index (κ1) is 9.76.